The standard InChI is InChI=1S/C6H13N3/c7-2-1-6-5-8-3-4-9-6/h1,8-9H,2-5,7H2. The topological polar surface area (TPSA) is 50.1 Å². The van der Waals surface area contributed by atoms with E-state index >= 15 is 0 Å². The molecule has 1 saturated heterocycles. The third-order valence-electron chi connectivity index (χ3n) is 1.33. The molecule has 0 spiro atoms. The summed E-state index contributed by atoms with van der Waals surface area (Å²) in [7, 11) is 0. The van der Waals surface area contributed by atoms with Gasteiger partial charge >= 0.3 is 0 Å². The molecule has 0 aromatic carbocycles. The van der Waals surface area contributed by atoms with E-state index in [1.165, 1.54) is 5.70 Å². The van der Waals surface area contributed by atoms with Gasteiger partial charge in [0.2, 0.25) is 0 Å². The lowest BCUT2D eigenvalue weighted by Gasteiger charge is -2.17. The van der Waals surface area contributed by atoms with Crippen LogP contribution >= 0.6 is 0 Å². The molecule has 1 rings (SSSR count). The van der Waals surface area contributed by atoms with E-state index in [-0.39, 0.29) is 0 Å². The average Bonchev–Trinajstić information content (AvgIpc) is 1.91. The Balaban J connectivity index is 2.30. The summed E-state index contributed by atoms with van der Waals surface area (Å²) in [4.78, 5) is 0. The van der Waals surface area contributed by atoms with Crippen molar-refractivity contribution in [2.45, 2.75) is 0 Å². The SMILES string of the molecule is NCC=C1CNCCN1. The molecule has 0 aromatic rings. The molecule has 1 heterocycles. The molecule has 0 aromatic heterocycles. The fourth-order valence-electron chi connectivity index (χ4n) is 0.884. The number of nitrogens with one attached hydrogen (secondary N) is 2. The van der Waals surface area contributed by atoms with Gasteiger partial charge in [-0.05, 0) is 0 Å². The second-order valence-electron chi connectivity index (χ2n) is 2.07. The van der Waals surface area contributed by atoms with E-state index in [1.54, 1.807) is 0 Å². The predicted octanol–water partition coefficient (Wildman–Crippen LogP) is -0.978. The van der Waals surface area contributed by atoms with Crippen LogP contribution in [-0.4, -0.2) is 26.2 Å². The maximum Gasteiger partial charge on any atom is 0.0351 e. The third kappa shape index (κ3) is 2.03. The maximum absolute atomic E-state index is 5.32. The Morgan fingerprint density at radius 2 is 2.44 bits per heavy atom. The van der Waals surface area contributed by atoms with Crippen LogP contribution in [0.15, 0.2) is 11.8 Å². The van der Waals surface area contributed by atoms with Crippen LogP contribution in [0.4, 0.5) is 0 Å². The molecule has 3 heteroatoms. The maximum atomic E-state index is 5.32. The van der Waals surface area contributed by atoms with Crippen LogP contribution in [0.1, 0.15) is 0 Å². The zero-order valence-corrected chi connectivity index (χ0v) is 5.48. The summed E-state index contributed by atoms with van der Waals surface area (Å²) in [6.07, 6.45) is 2.01. The lowest BCUT2D eigenvalue weighted by Crippen LogP contribution is -2.38. The van der Waals surface area contributed by atoms with Gasteiger partial charge in [-0.3, -0.25) is 0 Å². The normalized spacial score (nSPS) is 23.9. The monoisotopic (exact) mass is 127 g/mol. The number of hydrogen-bond donors (Lipinski definition) is 3. The van der Waals surface area contributed by atoms with Gasteiger partial charge in [-0.25, -0.2) is 0 Å². The van der Waals surface area contributed by atoms with Crippen molar-refractivity contribution in [1.82, 2.24) is 10.6 Å². The van der Waals surface area contributed by atoms with E-state index in [0.29, 0.717) is 6.54 Å². The molecule has 0 atom stereocenters. The van der Waals surface area contributed by atoms with Crippen LogP contribution in [0.25, 0.3) is 0 Å². The number of hydrogen-bond acceptors (Lipinski definition) is 3. The second-order valence-corrected chi connectivity index (χ2v) is 2.07. The molecule has 4 N–H and O–H groups in total. The van der Waals surface area contributed by atoms with Gasteiger partial charge in [-0.1, -0.05) is 6.08 Å². The minimum Gasteiger partial charge on any atom is -0.386 e. The molecule has 0 saturated carbocycles. The van der Waals surface area contributed by atoms with Crippen molar-refractivity contribution in [3.63, 3.8) is 0 Å². The minimum atomic E-state index is 0.629. The first-order valence-electron chi connectivity index (χ1n) is 3.27. The van der Waals surface area contributed by atoms with Gasteiger partial charge in [0.15, 0.2) is 0 Å². The van der Waals surface area contributed by atoms with Gasteiger partial charge in [0.05, 0.1) is 0 Å². The van der Waals surface area contributed by atoms with E-state index in [1.807, 2.05) is 6.08 Å². The quantitative estimate of drug-likeness (QED) is 0.424. The van der Waals surface area contributed by atoms with Crippen molar-refractivity contribution in [3.05, 3.63) is 11.8 Å². The van der Waals surface area contributed by atoms with Gasteiger partial charge in [-0.15, -0.1) is 0 Å². The zero-order valence-electron chi connectivity index (χ0n) is 5.48. The summed E-state index contributed by atoms with van der Waals surface area (Å²) in [5, 5.41) is 6.47. The van der Waals surface area contributed by atoms with Gasteiger partial charge in [0, 0.05) is 31.9 Å². The molecule has 1 aliphatic heterocycles. The molecule has 0 bridgehead atoms. The van der Waals surface area contributed by atoms with E-state index in [2.05, 4.69) is 10.6 Å². The molecular weight excluding hydrogens is 114 g/mol. The van der Waals surface area contributed by atoms with Crippen molar-refractivity contribution < 1.29 is 0 Å². The predicted molar refractivity (Wildman–Crippen MR) is 38.0 cm³/mol. The van der Waals surface area contributed by atoms with Crippen molar-refractivity contribution in [2.24, 2.45) is 5.73 Å². The molecule has 52 valence electrons. The molecule has 0 amide bonds. The number of nitrogens with two attached hydrogens (primary N) is 1. The van der Waals surface area contributed by atoms with Crippen molar-refractivity contribution in [3.8, 4) is 0 Å². The zero-order chi connectivity index (χ0) is 6.53. The van der Waals surface area contributed by atoms with Gasteiger partial charge < -0.3 is 16.4 Å². The molecule has 9 heavy (non-hydrogen) atoms. The first-order chi connectivity index (χ1) is 4.43. The lowest BCUT2D eigenvalue weighted by atomic mass is 10.3. The van der Waals surface area contributed by atoms with Gasteiger partial charge in [0.1, 0.15) is 0 Å². The number of rotatable bonds is 1. The Hall–Kier alpha value is -0.540. The minimum absolute atomic E-state index is 0.629. The Labute approximate surface area is 55.3 Å². The summed E-state index contributed by atoms with van der Waals surface area (Å²) in [5.41, 5.74) is 6.54. The molecule has 1 fully saturated rings. The molecule has 0 unspecified atom stereocenters. The van der Waals surface area contributed by atoms with Crippen molar-refractivity contribution in [2.75, 3.05) is 26.2 Å². The average molecular weight is 127 g/mol. The highest BCUT2D eigenvalue weighted by Crippen LogP contribution is 1.88. The Kier molecular flexibility index (Phi) is 2.54. The fraction of sp³-hybridized carbons (Fsp3) is 0.667. The molecule has 3 nitrogen and oxygen atoms in total. The van der Waals surface area contributed by atoms with E-state index in [9.17, 15) is 0 Å². The summed E-state index contributed by atoms with van der Waals surface area (Å²) in [6.45, 7) is 3.65. The van der Waals surface area contributed by atoms with Crippen LogP contribution in [-0.2, 0) is 0 Å². The number of piperazine rings is 1. The summed E-state index contributed by atoms with van der Waals surface area (Å²) in [5.74, 6) is 0. The third-order valence-corrected chi connectivity index (χ3v) is 1.33. The smallest absolute Gasteiger partial charge is 0.0351 e. The summed E-state index contributed by atoms with van der Waals surface area (Å²) in [6, 6.07) is 0. The highest BCUT2D eigenvalue weighted by molar-refractivity contribution is 5.04. The summed E-state index contributed by atoms with van der Waals surface area (Å²) < 4.78 is 0. The largest absolute Gasteiger partial charge is 0.386 e. The Morgan fingerprint density at radius 1 is 1.56 bits per heavy atom. The highest BCUT2D eigenvalue weighted by atomic mass is 15.0. The lowest BCUT2D eigenvalue weighted by molar-refractivity contribution is 0.596. The van der Waals surface area contributed by atoms with Crippen LogP contribution in [0.3, 0.4) is 0 Å². The van der Waals surface area contributed by atoms with E-state index in [0.717, 1.165) is 19.6 Å². The summed E-state index contributed by atoms with van der Waals surface area (Å²) >= 11 is 0. The Bertz CT molecular complexity index is 101. The molecule has 1 aliphatic rings. The van der Waals surface area contributed by atoms with Crippen LogP contribution in [0.2, 0.25) is 0 Å². The fourth-order valence-corrected chi connectivity index (χ4v) is 0.884. The van der Waals surface area contributed by atoms with Crippen molar-refractivity contribution in [1.29, 1.82) is 0 Å². The Morgan fingerprint density at radius 3 is 3.00 bits per heavy atom. The van der Waals surface area contributed by atoms with Crippen LogP contribution in [0, 0.1) is 0 Å². The van der Waals surface area contributed by atoms with Gasteiger partial charge in [-0.2, -0.15) is 0 Å². The van der Waals surface area contributed by atoms with E-state index < -0.39 is 0 Å². The molecule has 0 aliphatic carbocycles. The highest BCUT2D eigenvalue weighted by Gasteiger charge is 1.99. The second kappa shape index (κ2) is 3.48. The van der Waals surface area contributed by atoms with Gasteiger partial charge in [0.25, 0.3) is 0 Å². The van der Waals surface area contributed by atoms with Crippen LogP contribution < -0.4 is 16.4 Å². The first-order valence-corrected chi connectivity index (χ1v) is 3.27. The first kappa shape index (κ1) is 6.58. The van der Waals surface area contributed by atoms with E-state index in [4.69, 9.17) is 5.73 Å². The van der Waals surface area contributed by atoms with Crippen molar-refractivity contribution >= 4 is 0 Å². The molecule has 0 radical (unpaired) electrons. The molecular formula is C6H13N3. The van der Waals surface area contributed by atoms with Crippen LogP contribution in [0.5, 0.6) is 0 Å².